The lowest BCUT2D eigenvalue weighted by Crippen LogP contribution is -2.34. The lowest BCUT2D eigenvalue weighted by molar-refractivity contribution is 0.178. The van der Waals surface area contributed by atoms with Crippen molar-refractivity contribution < 1.29 is 19.0 Å². The molecule has 0 bridgehead atoms. The van der Waals surface area contributed by atoms with Crippen LogP contribution < -0.4 is 25.2 Å². The Hall–Kier alpha value is -3.60. The van der Waals surface area contributed by atoms with Crippen molar-refractivity contribution in [3.05, 3.63) is 39.1 Å². The van der Waals surface area contributed by atoms with Crippen LogP contribution >= 0.6 is 11.6 Å². The minimum Gasteiger partial charge on any atom is -0.495 e. The highest BCUT2D eigenvalue weighted by Crippen LogP contribution is 2.30. The Labute approximate surface area is 194 Å². The topological polar surface area (TPSA) is 132 Å². The first-order valence-electron chi connectivity index (χ1n) is 10.3. The van der Waals surface area contributed by atoms with E-state index in [-0.39, 0.29) is 36.1 Å². The van der Waals surface area contributed by atoms with E-state index in [1.165, 1.54) is 19.1 Å². The van der Waals surface area contributed by atoms with Crippen LogP contribution in [0.4, 0.5) is 16.7 Å². The first-order valence-corrected chi connectivity index (χ1v) is 10.7. The van der Waals surface area contributed by atoms with E-state index < -0.39 is 12.1 Å². The Balaban J connectivity index is 1.67. The predicted molar refractivity (Wildman–Crippen MR) is 122 cm³/mol. The summed E-state index contributed by atoms with van der Waals surface area (Å²) in [6, 6.07) is 4.46. The molecule has 174 valence electrons. The van der Waals surface area contributed by atoms with Gasteiger partial charge in [-0.1, -0.05) is 18.5 Å². The van der Waals surface area contributed by atoms with Crippen LogP contribution in [0.15, 0.2) is 23.0 Å². The van der Waals surface area contributed by atoms with Crippen LogP contribution in [0.2, 0.25) is 5.02 Å². The standard InChI is InChI=1S/C21H23ClN6O5/c1-5-12-9-33-21(30)28(12)19-25-18(26-20(27-19)32-4)23-10(2)13-6-11-7-14(22)16(31-3)8-15(11)24-17(13)29/h6-8,10,12H,5,9H2,1-4H3,(H,24,29)(H,23,25,26,27)/t10-,12-/m0/s1. The Morgan fingerprint density at radius 2 is 2.03 bits per heavy atom. The number of aromatic amines is 1. The summed E-state index contributed by atoms with van der Waals surface area (Å²) in [6.07, 6.45) is 0.131. The number of nitrogens with one attached hydrogen (secondary N) is 2. The molecule has 2 atom stereocenters. The molecule has 12 heteroatoms. The van der Waals surface area contributed by atoms with Gasteiger partial charge in [-0.3, -0.25) is 4.79 Å². The minimum atomic E-state index is -0.535. The van der Waals surface area contributed by atoms with E-state index in [1.807, 2.05) is 6.92 Å². The van der Waals surface area contributed by atoms with Crippen LogP contribution in [0.25, 0.3) is 10.9 Å². The number of aromatic nitrogens is 4. The number of nitrogens with zero attached hydrogens (tertiary/aromatic N) is 4. The number of fused-ring (bicyclic) bond motifs is 1. The Morgan fingerprint density at radius 3 is 2.73 bits per heavy atom. The molecule has 33 heavy (non-hydrogen) atoms. The second-order valence-electron chi connectivity index (χ2n) is 7.45. The van der Waals surface area contributed by atoms with Crippen LogP contribution in [0.5, 0.6) is 11.8 Å². The van der Waals surface area contributed by atoms with Crippen molar-refractivity contribution in [2.75, 3.05) is 31.0 Å². The SMILES string of the molecule is CC[C@H]1COC(=O)N1c1nc(N[C@@H](C)c2cc3cc(Cl)c(OC)cc3[nH]c2=O)nc(OC)n1. The van der Waals surface area contributed by atoms with Crippen molar-refractivity contribution in [2.45, 2.75) is 32.4 Å². The summed E-state index contributed by atoms with van der Waals surface area (Å²) in [5.41, 5.74) is 0.749. The first-order chi connectivity index (χ1) is 15.8. The van der Waals surface area contributed by atoms with Crippen LogP contribution in [0.3, 0.4) is 0 Å². The van der Waals surface area contributed by atoms with Gasteiger partial charge in [-0.25, -0.2) is 9.69 Å². The molecular weight excluding hydrogens is 452 g/mol. The van der Waals surface area contributed by atoms with Gasteiger partial charge in [0.2, 0.25) is 11.9 Å². The Morgan fingerprint density at radius 1 is 1.24 bits per heavy atom. The van der Waals surface area contributed by atoms with Gasteiger partial charge < -0.3 is 24.5 Å². The number of ether oxygens (including phenoxy) is 3. The van der Waals surface area contributed by atoms with Gasteiger partial charge in [0.1, 0.15) is 12.4 Å². The summed E-state index contributed by atoms with van der Waals surface area (Å²) in [5, 5.41) is 4.26. The molecule has 2 aromatic heterocycles. The third-order valence-electron chi connectivity index (χ3n) is 5.39. The molecule has 1 fully saturated rings. The smallest absolute Gasteiger partial charge is 0.417 e. The van der Waals surface area contributed by atoms with Crippen LogP contribution in [0.1, 0.15) is 31.9 Å². The molecule has 0 radical (unpaired) electrons. The van der Waals surface area contributed by atoms with Crippen molar-refractivity contribution >= 4 is 40.5 Å². The number of carbonyl (C=O) groups is 1. The maximum absolute atomic E-state index is 12.8. The van der Waals surface area contributed by atoms with E-state index >= 15 is 0 Å². The van der Waals surface area contributed by atoms with Gasteiger partial charge in [-0.15, -0.1) is 0 Å². The summed E-state index contributed by atoms with van der Waals surface area (Å²) in [7, 11) is 2.92. The molecule has 3 heterocycles. The van der Waals surface area contributed by atoms with E-state index in [0.717, 1.165) is 5.39 Å². The quantitative estimate of drug-likeness (QED) is 0.529. The number of hydrogen-bond acceptors (Lipinski definition) is 9. The second-order valence-corrected chi connectivity index (χ2v) is 7.86. The van der Waals surface area contributed by atoms with Gasteiger partial charge in [-0.05, 0) is 25.5 Å². The van der Waals surface area contributed by atoms with Crippen LogP contribution in [-0.2, 0) is 4.74 Å². The van der Waals surface area contributed by atoms with E-state index in [9.17, 15) is 9.59 Å². The highest BCUT2D eigenvalue weighted by atomic mass is 35.5. The molecule has 0 aliphatic carbocycles. The molecule has 3 aromatic rings. The maximum atomic E-state index is 12.8. The van der Waals surface area contributed by atoms with Crippen molar-refractivity contribution in [1.82, 2.24) is 19.9 Å². The number of carbonyl (C=O) groups excluding carboxylic acids is 1. The van der Waals surface area contributed by atoms with Crippen molar-refractivity contribution in [3.8, 4) is 11.8 Å². The van der Waals surface area contributed by atoms with Gasteiger partial charge in [0.15, 0.2) is 0 Å². The zero-order chi connectivity index (χ0) is 23.7. The average Bonchev–Trinajstić information content (AvgIpc) is 3.18. The fourth-order valence-corrected chi connectivity index (χ4v) is 3.84. The van der Waals surface area contributed by atoms with E-state index in [4.69, 9.17) is 25.8 Å². The molecule has 1 amide bonds. The predicted octanol–water partition coefficient (Wildman–Crippen LogP) is 3.29. The number of rotatable bonds is 7. The van der Waals surface area contributed by atoms with Crippen LogP contribution in [0, 0.1) is 0 Å². The molecule has 1 saturated heterocycles. The number of amides is 1. The molecule has 1 aromatic carbocycles. The lowest BCUT2D eigenvalue weighted by Gasteiger charge is -2.20. The fourth-order valence-electron chi connectivity index (χ4n) is 3.59. The summed E-state index contributed by atoms with van der Waals surface area (Å²) < 4.78 is 15.5. The molecule has 0 spiro atoms. The van der Waals surface area contributed by atoms with Gasteiger partial charge in [-0.2, -0.15) is 15.0 Å². The number of pyridine rings is 1. The van der Waals surface area contributed by atoms with Crippen molar-refractivity contribution in [2.24, 2.45) is 0 Å². The highest BCUT2D eigenvalue weighted by Gasteiger charge is 2.35. The molecule has 1 aliphatic rings. The van der Waals surface area contributed by atoms with E-state index in [2.05, 4.69) is 25.3 Å². The molecule has 11 nitrogen and oxygen atoms in total. The summed E-state index contributed by atoms with van der Waals surface area (Å²) in [4.78, 5) is 42.0. The minimum absolute atomic E-state index is 0.0237. The number of halogens is 1. The molecule has 4 rings (SSSR count). The molecule has 0 saturated carbocycles. The fraction of sp³-hybridized carbons (Fsp3) is 0.381. The normalized spacial score (nSPS) is 16.6. The molecule has 1 aliphatic heterocycles. The number of methoxy groups -OCH3 is 2. The van der Waals surface area contributed by atoms with Crippen molar-refractivity contribution in [3.63, 3.8) is 0 Å². The largest absolute Gasteiger partial charge is 0.495 e. The van der Waals surface area contributed by atoms with E-state index in [0.29, 0.717) is 28.3 Å². The summed E-state index contributed by atoms with van der Waals surface area (Å²) in [6.45, 7) is 3.98. The summed E-state index contributed by atoms with van der Waals surface area (Å²) in [5.74, 6) is 0.720. The average molecular weight is 475 g/mol. The summed E-state index contributed by atoms with van der Waals surface area (Å²) >= 11 is 6.24. The van der Waals surface area contributed by atoms with E-state index in [1.54, 1.807) is 25.1 Å². The van der Waals surface area contributed by atoms with Gasteiger partial charge >= 0.3 is 12.1 Å². The number of benzene rings is 1. The van der Waals surface area contributed by atoms with Gasteiger partial charge in [0, 0.05) is 17.0 Å². The first kappa shape index (κ1) is 22.6. The van der Waals surface area contributed by atoms with Gasteiger partial charge in [0.25, 0.3) is 5.56 Å². The second kappa shape index (κ2) is 9.10. The van der Waals surface area contributed by atoms with Crippen LogP contribution in [-0.4, -0.2) is 52.9 Å². The van der Waals surface area contributed by atoms with Gasteiger partial charge in [0.05, 0.1) is 36.8 Å². The van der Waals surface area contributed by atoms with Crippen molar-refractivity contribution in [1.29, 1.82) is 0 Å². The zero-order valence-corrected chi connectivity index (χ0v) is 19.3. The zero-order valence-electron chi connectivity index (χ0n) is 18.5. The highest BCUT2D eigenvalue weighted by molar-refractivity contribution is 6.32. The monoisotopic (exact) mass is 474 g/mol. The number of hydrogen-bond donors (Lipinski definition) is 2. The molecule has 0 unspecified atom stereocenters. The third-order valence-corrected chi connectivity index (χ3v) is 5.69. The maximum Gasteiger partial charge on any atom is 0.417 e. The number of anilines is 2. The lowest BCUT2D eigenvalue weighted by atomic mass is 10.1. The Kier molecular flexibility index (Phi) is 6.23. The third kappa shape index (κ3) is 4.36. The number of H-pyrrole nitrogens is 1. The number of cyclic esters (lactones) is 1. The Bertz CT molecular complexity index is 1270. The molecule has 2 N–H and O–H groups in total. The molecular formula is C21H23ClN6O5.